The average molecular weight is 387 g/mol. The van der Waals surface area contributed by atoms with Crippen molar-refractivity contribution in [2.75, 3.05) is 0 Å². The predicted molar refractivity (Wildman–Crippen MR) is 112 cm³/mol. The zero-order chi connectivity index (χ0) is 20.4. The lowest BCUT2D eigenvalue weighted by atomic mass is 10.1. The molecule has 5 heteroatoms. The van der Waals surface area contributed by atoms with Crippen LogP contribution in [-0.2, 0) is 13.1 Å². The summed E-state index contributed by atoms with van der Waals surface area (Å²) in [6.07, 6.45) is 3.42. The van der Waals surface area contributed by atoms with Crippen LogP contribution in [0, 0.1) is 19.7 Å². The Morgan fingerprint density at radius 3 is 2.59 bits per heavy atom. The summed E-state index contributed by atoms with van der Waals surface area (Å²) < 4.78 is 15.7. The highest BCUT2D eigenvalue weighted by molar-refractivity contribution is 5.99. The largest absolute Gasteiger partial charge is 0.348 e. The summed E-state index contributed by atoms with van der Waals surface area (Å²) >= 11 is 0. The van der Waals surface area contributed by atoms with Gasteiger partial charge in [0.05, 0.1) is 0 Å². The van der Waals surface area contributed by atoms with Crippen LogP contribution in [0.15, 0.2) is 67.0 Å². The number of carbonyl (C=O) groups excluding carboxylic acids is 1. The average Bonchev–Trinajstić information content (AvgIpc) is 2.97. The molecular weight excluding hydrogens is 365 g/mol. The second kappa shape index (κ2) is 7.87. The van der Waals surface area contributed by atoms with Gasteiger partial charge < -0.3 is 9.88 Å². The summed E-state index contributed by atoms with van der Waals surface area (Å²) in [6, 6.07) is 16.2. The van der Waals surface area contributed by atoms with Crippen LogP contribution in [0.25, 0.3) is 10.9 Å². The Kier molecular flexibility index (Phi) is 5.12. The molecule has 0 fully saturated rings. The minimum atomic E-state index is -0.235. The molecule has 0 bridgehead atoms. The molecule has 2 heterocycles. The smallest absolute Gasteiger partial charge is 0.251 e. The van der Waals surface area contributed by atoms with Gasteiger partial charge in [-0.1, -0.05) is 12.1 Å². The van der Waals surface area contributed by atoms with Crippen molar-refractivity contribution in [2.45, 2.75) is 26.9 Å². The first kappa shape index (κ1) is 18.9. The minimum absolute atomic E-state index is 0.112. The van der Waals surface area contributed by atoms with E-state index in [0.29, 0.717) is 18.7 Å². The minimum Gasteiger partial charge on any atom is -0.348 e. The van der Waals surface area contributed by atoms with Crippen LogP contribution >= 0.6 is 0 Å². The van der Waals surface area contributed by atoms with E-state index < -0.39 is 0 Å². The van der Waals surface area contributed by atoms with Crippen LogP contribution in [0.3, 0.4) is 0 Å². The molecule has 0 aliphatic heterocycles. The number of benzene rings is 2. The Bertz CT molecular complexity index is 1180. The molecular formula is C24H22FN3O. The number of aryl methyl sites for hydroxylation is 1. The molecule has 4 nitrogen and oxygen atoms in total. The Morgan fingerprint density at radius 2 is 1.83 bits per heavy atom. The molecule has 1 amide bonds. The lowest BCUT2D eigenvalue weighted by Crippen LogP contribution is -2.22. The summed E-state index contributed by atoms with van der Waals surface area (Å²) in [7, 11) is 0. The molecule has 4 aromatic rings. The van der Waals surface area contributed by atoms with Gasteiger partial charge in [0, 0.05) is 47.6 Å². The molecule has 0 saturated heterocycles. The first-order valence-electron chi connectivity index (χ1n) is 9.54. The van der Waals surface area contributed by atoms with Crippen molar-refractivity contribution in [1.29, 1.82) is 0 Å². The van der Waals surface area contributed by atoms with Gasteiger partial charge in [0.25, 0.3) is 5.91 Å². The standard InChI is InChI=1S/C24H22FN3O/c1-16-17(2)28(15-19-4-3-5-21(25)12-19)23-7-6-20(13-22(16)23)24(29)27-14-18-8-10-26-11-9-18/h3-13H,14-15H2,1-2H3,(H,27,29). The van der Waals surface area contributed by atoms with Crippen LogP contribution in [0.2, 0.25) is 0 Å². The number of nitrogens with one attached hydrogen (secondary N) is 1. The van der Waals surface area contributed by atoms with Gasteiger partial charge in [-0.25, -0.2) is 4.39 Å². The summed E-state index contributed by atoms with van der Waals surface area (Å²) in [4.78, 5) is 16.6. The number of hydrogen-bond donors (Lipinski definition) is 1. The van der Waals surface area contributed by atoms with Crippen molar-refractivity contribution in [1.82, 2.24) is 14.9 Å². The highest BCUT2D eigenvalue weighted by Gasteiger charge is 2.14. The van der Waals surface area contributed by atoms with E-state index in [-0.39, 0.29) is 11.7 Å². The molecule has 2 aromatic carbocycles. The van der Waals surface area contributed by atoms with Gasteiger partial charge in [0.2, 0.25) is 0 Å². The molecule has 4 rings (SSSR count). The Labute approximate surface area is 169 Å². The quantitative estimate of drug-likeness (QED) is 0.536. The normalized spacial score (nSPS) is 11.0. The van der Waals surface area contributed by atoms with Crippen molar-refractivity contribution < 1.29 is 9.18 Å². The first-order valence-corrected chi connectivity index (χ1v) is 9.54. The number of halogens is 1. The van der Waals surface area contributed by atoms with Gasteiger partial charge in [0.1, 0.15) is 5.82 Å². The third kappa shape index (κ3) is 3.90. The van der Waals surface area contributed by atoms with Crippen LogP contribution in [0.4, 0.5) is 4.39 Å². The van der Waals surface area contributed by atoms with Crippen molar-refractivity contribution in [2.24, 2.45) is 0 Å². The van der Waals surface area contributed by atoms with Crippen LogP contribution in [0.1, 0.15) is 32.7 Å². The maximum Gasteiger partial charge on any atom is 0.251 e. The molecule has 0 unspecified atom stereocenters. The highest BCUT2D eigenvalue weighted by atomic mass is 19.1. The molecule has 0 aliphatic carbocycles. The fourth-order valence-corrected chi connectivity index (χ4v) is 3.60. The SMILES string of the molecule is Cc1c(C)n(Cc2cccc(F)c2)c2ccc(C(=O)NCc3ccncc3)cc12. The Balaban J connectivity index is 1.61. The third-order valence-electron chi connectivity index (χ3n) is 5.33. The monoisotopic (exact) mass is 387 g/mol. The maximum absolute atomic E-state index is 13.6. The number of nitrogens with zero attached hydrogens (tertiary/aromatic N) is 2. The lowest BCUT2D eigenvalue weighted by Gasteiger charge is -2.10. The van der Waals surface area contributed by atoms with E-state index in [1.165, 1.54) is 6.07 Å². The van der Waals surface area contributed by atoms with Crippen molar-refractivity contribution in [3.8, 4) is 0 Å². The van der Waals surface area contributed by atoms with Gasteiger partial charge in [-0.3, -0.25) is 9.78 Å². The molecule has 146 valence electrons. The second-order valence-electron chi connectivity index (χ2n) is 7.20. The molecule has 2 aromatic heterocycles. The van der Waals surface area contributed by atoms with Gasteiger partial charge in [-0.05, 0) is 73.0 Å². The van der Waals surface area contributed by atoms with Gasteiger partial charge in [0.15, 0.2) is 0 Å². The molecule has 0 atom stereocenters. The molecule has 29 heavy (non-hydrogen) atoms. The van der Waals surface area contributed by atoms with Crippen LogP contribution in [-0.4, -0.2) is 15.5 Å². The highest BCUT2D eigenvalue weighted by Crippen LogP contribution is 2.27. The number of carbonyl (C=O) groups is 1. The van der Waals surface area contributed by atoms with E-state index in [4.69, 9.17) is 0 Å². The van der Waals surface area contributed by atoms with E-state index in [1.807, 2.05) is 36.4 Å². The third-order valence-corrected chi connectivity index (χ3v) is 5.33. The second-order valence-corrected chi connectivity index (χ2v) is 7.20. The lowest BCUT2D eigenvalue weighted by molar-refractivity contribution is 0.0951. The van der Waals surface area contributed by atoms with E-state index in [1.54, 1.807) is 24.5 Å². The summed E-state index contributed by atoms with van der Waals surface area (Å²) in [6.45, 7) is 5.15. The number of rotatable bonds is 5. The van der Waals surface area contributed by atoms with Crippen LogP contribution < -0.4 is 5.32 Å². The van der Waals surface area contributed by atoms with E-state index >= 15 is 0 Å². The zero-order valence-corrected chi connectivity index (χ0v) is 16.4. The topological polar surface area (TPSA) is 46.9 Å². The molecule has 0 radical (unpaired) electrons. The van der Waals surface area contributed by atoms with Gasteiger partial charge in [-0.15, -0.1) is 0 Å². The van der Waals surface area contributed by atoms with Crippen molar-refractivity contribution in [3.63, 3.8) is 0 Å². The summed E-state index contributed by atoms with van der Waals surface area (Å²) in [5.41, 5.74) is 5.80. The maximum atomic E-state index is 13.6. The predicted octanol–water partition coefficient (Wildman–Crippen LogP) is 4.77. The molecule has 0 aliphatic rings. The molecule has 0 spiro atoms. The van der Waals surface area contributed by atoms with Gasteiger partial charge >= 0.3 is 0 Å². The van der Waals surface area contributed by atoms with Crippen molar-refractivity contribution >= 4 is 16.8 Å². The van der Waals surface area contributed by atoms with E-state index in [0.717, 1.165) is 33.3 Å². The number of hydrogen-bond acceptors (Lipinski definition) is 2. The number of aromatic nitrogens is 2. The van der Waals surface area contributed by atoms with Crippen molar-refractivity contribution in [3.05, 3.63) is 101 Å². The van der Waals surface area contributed by atoms with Gasteiger partial charge in [-0.2, -0.15) is 0 Å². The first-order chi connectivity index (χ1) is 14.0. The fourth-order valence-electron chi connectivity index (χ4n) is 3.60. The van der Waals surface area contributed by atoms with Crippen LogP contribution in [0.5, 0.6) is 0 Å². The Hall–Kier alpha value is -3.47. The summed E-state index contributed by atoms with van der Waals surface area (Å²) in [5, 5.41) is 3.99. The fraction of sp³-hybridized carbons (Fsp3) is 0.167. The van der Waals surface area contributed by atoms with E-state index in [2.05, 4.69) is 28.7 Å². The summed E-state index contributed by atoms with van der Waals surface area (Å²) in [5.74, 6) is -0.347. The number of fused-ring (bicyclic) bond motifs is 1. The Morgan fingerprint density at radius 1 is 1.03 bits per heavy atom. The van der Waals surface area contributed by atoms with E-state index in [9.17, 15) is 9.18 Å². The number of pyridine rings is 1. The number of amides is 1. The zero-order valence-electron chi connectivity index (χ0n) is 16.4. The molecule has 0 saturated carbocycles. The molecule has 1 N–H and O–H groups in total.